The molecule has 0 heterocycles. The molecule has 2 rings (SSSR count). The Hall–Kier alpha value is -2.97. The Labute approximate surface area is 295 Å². The summed E-state index contributed by atoms with van der Waals surface area (Å²) in [7, 11) is -3.66. The van der Waals surface area contributed by atoms with E-state index in [4.69, 9.17) is 44.8 Å². The summed E-state index contributed by atoms with van der Waals surface area (Å²) in [4.78, 5) is 29.9. The van der Waals surface area contributed by atoms with Gasteiger partial charge in [-0.15, -0.1) is 0 Å². The summed E-state index contributed by atoms with van der Waals surface area (Å²) in [5.41, 5.74) is 24.6. The standard InChI is InChI=1S/C18H33N4O6P.C14H24N4O3/c1-6-14(7-2)28-16-12-13(18(23)25-8-3)11-15(20-22-19)17(16)21-29(24,26-9-4)27-10-5;1-4-10(5-2)21-12-8-9(14(19)20-6-3)7-11(13(12)15)17-18-16/h12,14-17H,6-11H2,1-5H3,(H,21,24);8,10-13H,4-7,15H2,1-3H3/t15-,16+,17+;11-,12+,13+/m00/s1. The summed E-state index contributed by atoms with van der Waals surface area (Å²) in [6, 6.07) is -2.40. The minimum absolute atomic E-state index is 0.0607. The Kier molecular flexibility index (Phi) is 21.9. The second-order valence-electron chi connectivity index (χ2n) is 11.4. The molecule has 0 saturated heterocycles. The molecule has 0 aromatic heterocycles. The first-order valence-corrected chi connectivity index (χ1v) is 19.1. The van der Waals surface area contributed by atoms with Crippen LogP contribution in [0.2, 0.25) is 0 Å². The van der Waals surface area contributed by atoms with E-state index >= 15 is 0 Å². The summed E-state index contributed by atoms with van der Waals surface area (Å²) < 4.78 is 46.0. The molecule has 2 aliphatic rings. The molecule has 0 radical (unpaired) electrons. The number of carbonyl (C=O) groups is 2. The second kappa shape index (κ2) is 24.3. The fourth-order valence-electron chi connectivity index (χ4n) is 5.47. The van der Waals surface area contributed by atoms with Crippen LogP contribution in [0.25, 0.3) is 20.9 Å². The molecule has 284 valence electrons. The van der Waals surface area contributed by atoms with Crippen LogP contribution in [-0.4, -0.2) is 86.9 Å². The maximum absolute atomic E-state index is 13.1. The number of azide groups is 2. The maximum Gasteiger partial charge on any atom is 0.405 e. The molecule has 0 unspecified atom stereocenters. The fraction of sp³-hybridized carbons (Fsp3) is 0.812. The zero-order valence-corrected chi connectivity index (χ0v) is 31.6. The van der Waals surface area contributed by atoms with Gasteiger partial charge in [0.05, 0.1) is 69.0 Å². The van der Waals surface area contributed by atoms with Crippen LogP contribution in [-0.2, 0) is 42.1 Å². The second-order valence-corrected chi connectivity index (χ2v) is 13.2. The van der Waals surface area contributed by atoms with Gasteiger partial charge in [0, 0.05) is 27.0 Å². The quantitative estimate of drug-likeness (QED) is 0.0437. The number of nitrogens with one attached hydrogen (secondary N) is 1. The van der Waals surface area contributed by atoms with E-state index in [1.54, 1.807) is 39.8 Å². The van der Waals surface area contributed by atoms with E-state index in [0.717, 1.165) is 25.7 Å². The zero-order valence-electron chi connectivity index (χ0n) is 30.7. The highest BCUT2D eigenvalue weighted by molar-refractivity contribution is 7.51. The molecule has 0 aromatic carbocycles. The molecule has 0 aliphatic heterocycles. The van der Waals surface area contributed by atoms with E-state index in [1.165, 1.54) is 0 Å². The summed E-state index contributed by atoms with van der Waals surface area (Å²) in [6.07, 6.45) is 5.84. The Morgan fingerprint density at radius 3 is 1.62 bits per heavy atom. The van der Waals surface area contributed by atoms with Gasteiger partial charge in [0.1, 0.15) is 0 Å². The van der Waals surface area contributed by atoms with Crippen molar-refractivity contribution in [3.63, 3.8) is 0 Å². The van der Waals surface area contributed by atoms with E-state index in [0.29, 0.717) is 17.8 Å². The van der Waals surface area contributed by atoms with Crippen molar-refractivity contribution in [2.24, 2.45) is 16.0 Å². The van der Waals surface area contributed by atoms with Crippen molar-refractivity contribution in [2.45, 2.75) is 142 Å². The summed E-state index contributed by atoms with van der Waals surface area (Å²) in [5, 5.41) is 10.4. The van der Waals surface area contributed by atoms with Crippen molar-refractivity contribution in [1.82, 2.24) is 5.09 Å². The van der Waals surface area contributed by atoms with E-state index < -0.39 is 56.1 Å². The number of ether oxygens (including phenoxy) is 4. The van der Waals surface area contributed by atoms with Crippen LogP contribution >= 0.6 is 7.75 Å². The molecule has 6 atom stereocenters. The Morgan fingerprint density at radius 2 is 1.20 bits per heavy atom. The minimum Gasteiger partial charge on any atom is -0.463 e. The van der Waals surface area contributed by atoms with Gasteiger partial charge in [-0.1, -0.05) is 37.9 Å². The van der Waals surface area contributed by atoms with Gasteiger partial charge in [0.2, 0.25) is 0 Å². The molecule has 0 aromatic rings. The molecule has 0 bridgehead atoms. The molecule has 17 nitrogen and oxygen atoms in total. The Balaban J connectivity index is 0.000000526. The van der Waals surface area contributed by atoms with E-state index in [1.807, 2.05) is 27.7 Å². The SMILES string of the molecule is CCOC(=O)C1=C[C@@H](OC(CC)CC)[C@H](N)[C@@H](N=[N+]=[N-])C1.CCOC(=O)C1=C[C@@H](OC(CC)CC)[C@H](NP(=O)(OCC)OCC)[C@@H](N=[N+]=[N-])C1. The zero-order chi connectivity index (χ0) is 37.7. The first kappa shape index (κ1) is 45.1. The highest BCUT2D eigenvalue weighted by atomic mass is 31.2. The number of nitrogens with zero attached hydrogens (tertiary/aromatic N) is 6. The van der Waals surface area contributed by atoms with Crippen LogP contribution in [0.3, 0.4) is 0 Å². The largest absolute Gasteiger partial charge is 0.463 e. The van der Waals surface area contributed by atoms with Gasteiger partial charge < -0.3 is 24.7 Å². The highest BCUT2D eigenvalue weighted by Crippen LogP contribution is 2.46. The van der Waals surface area contributed by atoms with Crippen molar-refractivity contribution >= 4 is 19.7 Å². The first-order valence-electron chi connectivity index (χ1n) is 17.5. The molecule has 0 fully saturated rings. The van der Waals surface area contributed by atoms with Crippen LogP contribution in [0.15, 0.2) is 33.5 Å². The van der Waals surface area contributed by atoms with Gasteiger partial charge in [-0.05, 0) is 89.4 Å². The van der Waals surface area contributed by atoms with Gasteiger partial charge in [0.15, 0.2) is 0 Å². The highest BCUT2D eigenvalue weighted by Gasteiger charge is 2.41. The van der Waals surface area contributed by atoms with Crippen molar-refractivity contribution in [3.8, 4) is 0 Å². The molecule has 18 heteroatoms. The molecule has 3 N–H and O–H groups in total. The smallest absolute Gasteiger partial charge is 0.405 e. The van der Waals surface area contributed by atoms with E-state index in [2.05, 4.69) is 25.1 Å². The minimum atomic E-state index is -3.66. The van der Waals surface area contributed by atoms with Crippen LogP contribution in [0, 0.1) is 0 Å². The fourth-order valence-corrected chi connectivity index (χ4v) is 7.05. The lowest BCUT2D eigenvalue weighted by Crippen LogP contribution is -2.51. The molecule has 50 heavy (non-hydrogen) atoms. The van der Waals surface area contributed by atoms with Gasteiger partial charge in [-0.25, -0.2) is 19.2 Å². The van der Waals surface area contributed by atoms with Gasteiger partial charge >= 0.3 is 19.7 Å². The number of esters is 2. The number of nitrogens with two attached hydrogens (primary N) is 1. The Bertz CT molecular complexity index is 1250. The van der Waals surface area contributed by atoms with E-state index in [9.17, 15) is 14.2 Å². The summed E-state index contributed by atoms with van der Waals surface area (Å²) in [6.45, 7) is 15.8. The van der Waals surface area contributed by atoms with Gasteiger partial charge in [0.25, 0.3) is 0 Å². The number of hydrogen-bond donors (Lipinski definition) is 2. The Morgan fingerprint density at radius 1 is 0.780 bits per heavy atom. The van der Waals surface area contributed by atoms with Crippen LogP contribution in [0.1, 0.15) is 93.9 Å². The summed E-state index contributed by atoms with van der Waals surface area (Å²) in [5.74, 6) is -0.888. The monoisotopic (exact) mass is 728 g/mol. The molecule has 2 aliphatic carbocycles. The molecular weight excluding hydrogens is 671 g/mol. The van der Waals surface area contributed by atoms with Crippen molar-refractivity contribution in [1.29, 1.82) is 0 Å². The third kappa shape index (κ3) is 14.3. The summed E-state index contributed by atoms with van der Waals surface area (Å²) >= 11 is 0. The first-order chi connectivity index (χ1) is 23.9. The van der Waals surface area contributed by atoms with E-state index in [-0.39, 0.29) is 44.9 Å². The van der Waals surface area contributed by atoms with Gasteiger partial charge in [-0.2, -0.15) is 0 Å². The van der Waals surface area contributed by atoms with Crippen molar-refractivity contribution in [3.05, 3.63) is 44.2 Å². The number of hydrogen-bond acceptors (Lipinski definition) is 12. The van der Waals surface area contributed by atoms with Crippen LogP contribution in [0.4, 0.5) is 0 Å². The lowest BCUT2D eigenvalue weighted by Gasteiger charge is -2.37. The number of rotatable bonds is 20. The van der Waals surface area contributed by atoms with Crippen molar-refractivity contribution in [2.75, 3.05) is 26.4 Å². The third-order valence-corrected chi connectivity index (χ3v) is 9.89. The third-order valence-electron chi connectivity index (χ3n) is 8.08. The average molecular weight is 729 g/mol. The lowest BCUT2D eigenvalue weighted by atomic mass is 9.89. The van der Waals surface area contributed by atoms with Gasteiger partial charge in [-0.3, -0.25) is 9.05 Å². The lowest BCUT2D eigenvalue weighted by molar-refractivity contribution is -0.140. The average Bonchev–Trinajstić information content (AvgIpc) is 3.09. The molecule has 0 spiro atoms. The topological polar surface area (TPSA) is 242 Å². The molecular formula is C32H57N8O9P. The normalized spacial score (nSPS) is 23.4. The van der Waals surface area contributed by atoms with Crippen LogP contribution < -0.4 is 10.8 Å². The molecule has 0 saturated carbocycles. The molecule has 0 amide bonds. The number of carbonyl (C=O) groups excluding carboxylic acids is 2. The van der Waals surface area contributed by atoms with Crippen LogP contribution in [0.5, 0.6) is 0 Å². The maximum atomic E-state index is 13.1. The van der Waals surface area contributed by atoms with Crippen molar-refractivity contribution < 1.29 is 42.1 Å². The predicted molar refractivity (Wildman–Crippen MR) is 189 cm³/mol. The predicted octanol–water partition coefficient (Wildman–Crippen LogP) is 6.73.